The van der Waals surface area contributed by atoms with Crippen LogP contribution < -0.4 is 11.1 Å². The highest BCUT2D eigenvalue weighted by atomic mass is 127. The average Bonchev–Trinajstić information content (AvgIpc) is 2.89. The van der Waals surface area contributed by atoms with Crippen LogP contribution in [0.15, 0.2) is 23.4 Å². The fourth-order valence-electron chi connectivity index (χ4n) is 2.63. The second kappa shape index (κ2) is 6.43. The molecule has 4 N–H and O–H groups in total. The first-order valence-electron chi connectivity index (χ1n) is 6.58. The maximum absolute atomic E-state index is 12.4. The Hall–Kier alpha value is -1.31. The first-order valence-corrected chi connectivity index (χ1v) is 7.66. The molecule has 2 unspecified atom stereocenters. The van der Waals surface area contributed by atoms with Gasteiger partial charge < -0.3 is 16.3 Å². The number of aryl methyl sites for hydroxylation is 1. The zero-order valence-electron chi connectivity index (χ0n) is 11.3. The second-order valence-electron chi connectivity index (χ2n) is 5.08. The summed E-state index contributed by atoms with van der Waals surface area (Å²) in [6.07, 6.45) is 2.66. The molecule has 20 heavy (non-hydrogen) atoms. The van der Waals surface area contributed by atoms with E-state index < -0.39 is 0 Å². The van der Waals surface area contributed by atoms with Crippen LogP contribution in [0.4, 0.5) is 0 Å². The van der Waals surface area contributed by atoms with Crippen LogP contribution in [0.25, 0.3) is 0 Å². The van der Waals surface area contributed by atoms with E-state index in [4.69, 9.17) is 10.9 Å². The number of halogens is 1. The van der Waals surface area contributed by atoms with Gasteiger partial charge in [-0.2, -0.15) is 0 Å². The molecular formula is C14H18IN3O2. The number of amides is 1. The zero-order chi connectivity index (χ0) is 14.7. The lowest BCUT2D eigenvalue weighted by atomic mass is 10.0. The van der Waals surface area contributed by atoms with Gasteiger partial charge in [0.2, 0.25) is 0 Å². The summed E-state index contributed by atoms with van der Waals surface area (Å²) >= 11 is 2.18. The molecule has 5 nitrogen and oxygen atoms in total. The lowest BCUT2D eigenvalue weighted by Gasteiger charge is -2.20. The van der Waals surface area contributed by atoms with E-state index in [0.717, 1.165) is 28.4 Å². The van der Waals surface area contributed by atoms with E-state index in [9.17, 15) is 4.79 Å². The Morgan fingerprint density at radius 2 is 2.25 bits per heavy atom. The van der Waals surface area contributed by atoms with Crippen molar-refractivity contribution in [2.75, 3.05) is 0 Å². The molecule has 0 heterocycles. The SMILES string of the molecule is Cc1cccc(C(=O)NC2CCCC2/C(N)=N/O)c1I. The number of amidine groups is 1. The van der Waals surface area contributed by atoms with Gasteiger partial charge in [0.05, 0.1) is 5.56 Å². The quantitative estimate of drug-likeness (QED) is 0.244. The number of rotatable bonds is 3. The van der Waals surface area contributed by atoms with Gasteiger partial charge in [-0.3, -0.25) is 4.79 Å². The molecule has 0 radical (unpaired) electrons. The number of carbonyl (C=O) groups is 1. The number of oxime groups is 1. The van der Waals surface area contributed by atoms with Crippen LogP contribution in [0.5, 0.6) is 0 Å². The molecule has 1 aliphatic carbocycles. The van der Waals surface area contributed by atoms with Crippen molar-refractivity contribution in [1.29, 1.82) is 0 Å². The molecule has 1 saturated carbocycles. The fourth-order valence-corrected chi connectivity index (χ4v) is 3.23. The van der Waals surface area contributed by atoms with E-state index in [0.29, 0.717) is 5.56 Å². The van der Waals surface area contributed by atoms with Crippen molar-refractivity contribution in [3.63, 3.8) is 0 Å². The first-order chi connectivity index (χ1) is 9.54. The molecule has 0 aromatic heterocycles. The minimum atomic E-state index is -0.0965. The van der Waals surface area contributed by atoms with Crippen LogP contribution >= 0.6 is 22.6 Å². The summed E-state index contributed by atoms with van der Waals surface area (Å²) in [5.74, 6) is 0.0268. The van der Waals surface area contributed by atoms with Crippen molar-refractivity contribution >= 4 is 34.3 Å². The number of nitrogens with one attached hydrogen (secondary N) is 1. The summed E-state index contributed by atoms with van der Waals surface area (Å²) in [7, 11) is 0. The Morgan fingerprint density at radius 1 is 1.50 bits per heavy atom. The van der Waals surface area contributed by atoms with Gasteiger partial charge in [-0.05, 0) is 54.0 Å². The molecule has 6 heteroatoms. The van der Waals surface area contributed by atoms with Crippen LogP contribution in [-0.4, -0.2) is 23.0 Å². The summed E-state index contributed by atoms with van der Waals surface area (Å²) in [6, 6.07) is 5.61. The summed E-state index contributed by atoms with van der Waals surface area (Å²) < 4.78 is 0.959. The van der Waals surface area contributed by atoms with Gasteiger partial charge in [-0.15, -0.1) is 0 Å². The summed E-state index contributed by atoms with van der Waals surface area (Å²) in [5, 5.41) is 14.9. The summed E-state index contributed by atoms with van der Waals surface area (Å²) in [4.78, 5) is 12.4. The lowest BCUT2D eigenvalue weighted by Crippen LogP contribution is -2.42. The van der Waals surface area contributed by atoms with Gasteiger partial charge in [-0.25, -0.2) is 0 Å². The van der Waals surface area contributed by atoms with Crippen LogP contribution in [0.2, 0.25) is 0 Å². The van der Waals surface area contributed by atoms with Gasteiger partial charge in [0.15, 0.2) is 0 Å². The van der Waals surface area contributed by atoms with Gasteiger partial charge >= 0.3 is 0 Å². The zero-order valence-corrected chi connectivity index (χ0v) is 13.4. The van der Waals surface area contributed by atoms with E-state index in [-0.39, 0.29) is 23.7 Å². The Labute approximate surface area is 131 Å². The minimum absolute atomic E-state index is 0.0605. The molecule has 1 aliphatic rings. The Bertz CT molecular complexity index is 545. The molecule has 1 fully saturated rings. The molecule has 0 saturated heterocycles. The first kappa shape index (κ1) is 15.1. The van der Waals surface area contributed by atoms with Crippen molar-refractivity contribution in [3.05, 3.63) is 32.9 Å². The molecule has 2 rings (SSSR count). The van der Waals surface area contributed by atoms with E-state index in [1.165, 1.54) is 0 Å². The second-order valence-corrected chi connectivity index (χ2v) is 6.16. The third kappa shape index (κ3) is 3.05. The van der Waals surface area contributed by atoms with Crippen molar-refractivity contribution in [2.45, 2.75) is 32.2 Å². The number of nitrogens with zero attached hydrogens (tertiary/aromatic N) is 1. The van der Waals surface area contributed by atoms with Crippen LogP contribution in [0.1, 0.15) is 35.2 Å². The van der Waals surface area contributed by atoms with Gasteiger partial charge in [-0.1, -0.05) is 23.7 Å². The molecular weight excluding hydrogens is 369 g/mol. The number of carbonyl (C=O) groups excluding carboxylic acids is 1. The standard InChI is InChI=1S/C14H18IN3O2/c1-8-4-2-6-10(12(8)15)14(19)17-11-7-3-5-9(11)13(16)18-20/h2,4,6,9,11,20H,3,5,7H2,1H3,(H2,16,18)(H,17,19). The lowest BCUT2D eigenvalue weighted by molar-refractivity contribution is 0.0932. The minimum Gasteiger partial charge on any atom is -0.409 e. The summed E-state index contributed by atoms with van der Waals surface area (Å²) in [6.45, 7) is 1.98. The third-order valence-corrected chi connectivity index (χ3v) is 5.20. The normalized spacial score (nSPS) is 22.8. The molecule has 0 bridgehead atoms. The van der Waals surface area contributed by atoms with Crippen molar-refractivity contribution < 1.29 is 10.0 Å². The van der Waals surface area contributed by atoms with E-state index in [1.807, 2.05) is 25.1 Å². The maximum atomic E-state index is 12.4. The molecule has 1 aromatic rings. The highest BCUT2D eigenvalue weighted by molar-refractivity contribution is 14.1. The topological polar surface area (TPSA) is 87.7 Å². The summed E-state index contributed by atoms with van der Waals surface area (Å²) in [5.41, 5.74) is 7.44. The Kier molecular flexibility index (Phi) is 4.85. The number of hydrogen-bond donors (Lipinski definition) is 3. The Morgan fingerprint density at radius 3 is 2.95 bits per heavy atom. The predicted octanol–water partition coefficient (Wildman–Crippen LogP) is 2.24. The van der Waals surface area contributed by atoms with Crippen molar-refractivity contribution in [3.8, 4) is 0 Å². The molecule has 0 aliphatic heterocycles. The van der Waals surface area contributed by atoms with Crippen LogP contribution in [0, 0.1) is 16.4 Å². The highest BCUT2D eigenvalue weighted by Crippen LogP contribution is 2.26. The largest absolute Gasteiger partial charge is 0.409 e. The smallest absolute Gasteiger partial charge is 0.252 e. The monoisotopic (exact) mass is 387 g/mol. The van der Waals surface area contributed by atoms with Gasteiger partial charge in [0.25, 0.3) is 5.91 Å². The van der Waals surface area contributed by atoms with Crippen molar-refractivity contribution in [2.24, 2.45) is 16.8 Å². The maximum Gasteiger partial charge on any atom is 0.252 e. The van der Waals surface area contributed by atoms with Crippen LogP contribution in [-0.2, 0) is 0 Å². The molecule has 0 spiro atoms. The van der Waals surface area contributed by atoms with E-state index >= 15 is 0 Å². The van der Waals surface area contributed by atoms with E-state index in [2.05, 4.69) is 33.1 Å². The Balaban J connectivity index is 2.13. The number of benzene rings is 1. The fraction of sp³-hybridized carbons (Fsp3) is 0.429. The van der Waals surface area contributed by atoms with Crippen molar-refractivity contribution in [1.82, 2.24) is 5.32 Å². The predicted molar refractivity (Wildman–Crippen MR) is 85.9 cm³/mol. The number of nitrogens with two attached hydrogens (primary N) is 1. The number of hydrogen-bond acceptors (Lipinski definition) is 3. The molecule has 1 amide bonds. The molecule has 2 atom stereocenters. The van der Waals surface area contributed by atoms with Gasteiger partial charge in [0, 0.05) is 15.5 Å². The highest BCUT2D eigenvalue weighted by Gasteiger charge is 2.32. The van der Waals surface area contributed by atoms with Crippen LogP contribution in [0.3, 0.4) is 0 Å². The van der Waals surface area contributed by atoms with E-state index in [1.54, 1.807) is 0 Å². The van der Waals surface area contributed by atoms with Gasteiger partial charge in [0.1, 0.15) is 5.84 Å². The average molecular weight is 387 g/mol. The third-order valence-electron chi connectivity index (χ3n) is 3.76. The molecule has 108 valence electrons. The molecule has 1 aromatic carbocycles.